The van der Waals surface area contributed by atoms with Gasteiger partial charge in [-0.3, -0.25) is 4.79 Å². The number of ether oxygens (including phenoxy) is 3. The Balaban J connectivity index is 2.12. The van der Waals surface area contributed by atoms with Crippen molar-refractivity contribution in [1.29, 1.82) is 0 Å². The molecule has 0 atom stereocenters. The quantitative estimate of drug-likeness (QED) is 0.482. The van der Waals surface area contributed by atoms with Crippen LogP contribution in [0.2, 0.25) is 0 Å². The Labute approximate surface area is 143 Å². The van der Waals surface area contributed by atoms with Crippen molar-refractivity contribution in [2.24, 2.45) is 0 Å². The molecular formula is C18H15NO6. The molecule has 1 aliphatic rings. The molecule has 25 heavy (non-hydrogen) atoms. The van der Waals surface area contributed by atoms with Crippen molar-refractivity contribution in [3.05, 3.63) is 58.3 Å². The molecule has 0 spiro atoms. The highest BCUT2D eigenvalue weighted by molar-refractivity contribution is 6.52. The first-order valence-corrected chi connectivity index (χ1v) is 7.35. The Morgan fingerprint density at radius 3 is 2.36 bits per heavy atom. The van der Waals surface area contributed by atoms with Crippen LogP contribution in [-0.2, 0) is 4.74 Å². The van der Waals surface area contributed by atoms with Gasteiger partial charge in [-0.1, -0.05) is 0 Å². The highest BCUT2D eigenvalue weighted by Crippen LogP contribution is 2.33. The number of benzene rings is 2. The molecule has 7 heteroatoms. The summed E-state index contributed by atoms with van der Waals surface area (Å²) >= 11 is 0. The molecule has 2 aromatic carbocycles. The molecule has 0 saturated heterocycles. The number of Topliss-reactive ketones (excluding diaryl/α,β-unsaturated/α-hetero) is 1. The Hall–Kier alpha value is -3.35. The van der Waals surface area contributed by atoms with Gasteiger partial charge in [-0.25, -0.2) is 4.79 Å². The molecule has 1 heterocycles. The van der Waals surface area contributed by atoms with E-state index in [0.717, 1.165) is 0 Å². The largest absolute Gasteiger partial charge is 0.618 e. The lowest BCUT2D eigenvalue weighted by Gasteiger charge is -2.08. The number of methoxy groups -OCH3 is 3. The van der Waals surface area contributed by atoms with Gasteiger partial charge >= 0.3 is 5.97 Å². The van der Waals surface area contributed by atoms with Crippen molar-refractivity contribution in [3.63, 3.8) is 0 Å². The molecular weight excluding hydrogens is 326 g/mol. The third-order valence-electron chi connectivity index (χ3n) is 3.96. The molecule has 128 valence electrons. The third kappa shape index (κ3) is 2.59. The molecule has 0 bridgehead atoms. The van der Waals surface area contributed by atoms with Crippen molar-refractivity contribution >= 4 is 23.2 Å². The zero-order chi connectivity index (χ0) is 18.1. The van der Waals surface area contributed by atoms with Gasteiger partial charge in [0.2, 0.25) is 5.69 Å². The van der Waals surface area contributed by atoms with E-state index in [-0.39, 0.29) is 22.5 Å². The van der Waals surface area contributed by atoms with E-state index in [1.807, 2.05) is 0 Å². The molecule has 0 N–H and O–H groups in total. The van der Waals surface area contributed by atoms with Crippen LogP contribution in [0.5, 0.6) is 11.5 Å². The van der Waals surface area contributed by atoms with E-state index in [9.17, 15) is 14.8 Å². The Kier molecular flexibility index (Phi) is 4.14. The number of esters is 1. The summed E-state index contributed by atoms with van der Waals surface area (Å²) in [5.74, 6) is -0.114. The van der Waals surface area contributed by atoms with Crippen LogP contribution >= 0.6 is 0 Å². The van der Waals surface area contributed by atoms with E-state index in [0.29, 0.717) is 21.8 Å². The average Bonchev–Trinajstić information content (AvgIpc) is 2.90. The van der Waals surface area contributed by atoms with E-state index in [1.54, 1.807) is 18.2 Å². The van der Waals surface area contributed by atoms with Crippen LogP contribution in [-0.4, -0.2) is 43.5 Å². The van der Waals surface area contributed by atoms with Gasteiger partial charge in [0, 0.05) is 6.07 Å². The standard InChI is InChI=1S/C18H15NO6/c1-23-14-7-5-10(9-15(14)24-2)16-17(20)12-6-4-11(18(21)25-3)8-13(12)19(16)22/h4-9H,1-3H3. The number of hydrogen-bond donors (Lipinski definition) is 0. The lowest BCUT2D eigenvalue weighted by atomic mass is 10.0. The predicted octanol–water partition coefficient (Wildman–Crippen LogP) is 2.32. The van der Waals surface area contributed by atoms with Gasteiger partial charge in [0.05, 0.1) is 32.5 Å². The zero-order valence-corrected chi connectivity index (χ0v) is 13.9. The first-order valence-electron chi connectivity index (χ1n) is 7.35. The number of nitrogens with zero attached hydrogens (tertiary/aromatic N) is 1. The minimum atomic E-state index is -0.580. The van der Waals surface area contributed by atoms with E-state index in [1.165, 1.54) is 39.5 Å². The molecule has 0 radical (unpaired) electrons. The molecule has 0 aliphatic carbocycles. The Morgan fingerprint density at radius 1 is 1.00 bits per heavy atom. The average molecular weight is 341 g/mol. The minimum absolute atomic E-state index is 0.0435. The monoisotopic (exact) mass is 341 g/mol. The number of ketones is 1. The van der Waals surface area contributed by atoms with E-state index < -0.39 is 11.8 Å². The van der Waals surface area contributed by atoms with Gasteiger partial charge in [-0.05, 0) is 30.3 Å². The summed E-state index contributed by atoms with van der Waals surface area (Å²) in [6, 6.07) is 9.03. The van der Waals surface area contributed by atoms with Crippen molar-refractivity contribution in [2.75, 3.05) is 21.3 Å². The maximum atomic E-state index is 12.7. The second kappa shape index (κ2) is 6.27. The second-order valence-corrected chi connectivity index (χ2v) is 5.27. The van der Waals surface area contributed by atoms with Crippen molar-refractivity contribution in [2.45, 2.75) is 0 Å². The van der Waals surface area contributed by atoms with Crippen LogP contribution in [0.1, 0.15) is 26.3 Å². The second-order valence-electron chi connectivity index (χ2n) is 5.27. The van der Waals surface area contributed by atoms with Gasteiger partial charge in [0.1, 0.15) is 5.56 Å². The van der Waals surface area contributed by atoms with Crippen LogP contribution in [0.3, 0.4) is 0 Å². The predicted molar refractivity (Wildman–Crippen MR) is 89.1 cm³/mol. The van der Waals surface area contributed by atoms with E-state index in [4.69, 9.17) is 9.47 Å². The summed E-state index contributed by atoms with van der Waals surface area (Å²) in [6.07, 6.45) is 0. The van der Waals surface area contributed by atoms with Gasteiger partial charge in [0.15, 0.2) is 11.5 Å². The van der Waals surface area contributed by atoms with Crippen LogP contribution in [0.25, 0.3) is 0 Å². The number of carbonyl (C=O) groups excluding carboxylic acids is 2. The van der Waals surface area contributed by atoms with Crippen LogP contribution < -0.4 is 9.47 Å². The molecule has 7 nitrogen and oxygen atoms in total. The fourth-order valence-corrected chi connectivity index (χ4v) is 2.71. The summed E-state index contributed by atoms with van der Waals surface area (Å²) in [5, 5.41) is 12.7. The van der Waals surface area contributed by atoms with E-state index >= 15 is 0 Å². The summed E-state index contributed by atoms with van der Waals surface area (Å²) in [4.78, 5) is 24.3. The smallest absolute Gasteiger partial charge is 0.338 e. The van der Waals surface area contributed by atoms with Crippen molar-refractivity contribution in [1.82, 2.24) is 0 Å². The van der Waals surface area contributed by atoms with Crippen molar-refractivity contribution in [3.8, 4) is 11.5 Å². The lowest BCUT2D eigenvalue weighted by Crippen LogP contribution is -2.16. The van der Waals surface area contributed by atoms with Gasteiger partial charge in [0.25, 0.3) is 11.5 Å². The SMILES string of the molecule is COC(=O)c1ccc2c(c1)[N+]([O-])=C(c1ccc(OC)c(OC)c1)C2=O. The number of fused-ring (bicyclic) bond motifs is 1. The topological polar surface area (TPSA) is 87.9 Å². The van der Waals surface area contributed by atoms with Crippen LogP contribution in [0.4, 0.5) is 5.69 Å². The first-order chi connectivity index (χ1) is 12.0. The molecule has 0 aromatic heterocycles. The lowest BCUT2D eigenvalue weighted by molar-refractivity contribution is -0.355. The fraction of sp³-hybridized carbons (Fsp3) is 0.167. The Bertz CT molecular complexity index is 916. The number of rotatable bonds is 4. The molecule has 0 saturated carbocycles. The van der Waals surface area contributed by atoms with Crippen molar-refractivity contribution < 1.29 is 28.5 Å². The summed E-state index contributed by atoms with van der Waals surface area (Å²) in [7, 11) is 4.21. The Morgan fingerprint density at radius 2 is 1.72 bits per heavy atom. The highest BCUT2D eigenvalue weighted by atomic mass is 16.5. The molecule has 3 rings (SSSR count). The van der Waals surface area contributed by atoms with Gasteiger partial charge in [-0.2, -0.15) is 4.74 Å². The maximum Gasteiger partial charge on any atom is 0.338 e. The summed E-state index contributed by atoms with van der Waals surface area (Å²) in [6.45, 7) is 0. The van der Waals surface area contributed by atoms with Gasteiger partial charge < -0.3 is 19.4 Å². The molecule has 0 unspecified atom stereocenters. The molecule has 2 aromatic rings. The van der Waals surface area contributed by atoms with E-state index in [2.05, 4.69) is 4.74 Å². The third-order valence-corrected chi connectivity index (χ3v) is 3.96. The summed E-state index contributed by atoms with van der Waals surface area (Å²) in [5.41, 5.74) is 0.889. The molecule has 0 amide bonds. The first kappa shape index (κ1) is 16.5. The molecule has 1 aliphatic heterocycles. The highest BCUT2D eigenvalue weighted by Gasteiger charge is 2.37. The fourth-order valence-electron chi connectivity index (χ4n) is 2.71. The van der Waals surface area contributed by atoms with Crippen LogP contribution in [0.15, 0.2) is 36.4 Å². The zero-order valence-electron chi connectivity index (χ0n) is 13.9. The van der Waals surface area contributed by atoms with Crippen LogP contribution in [0, 0.1) is 5.21 Å². The maximum absolute atomic E-state index is 12.7. The molecule has 0 fully saturated rings. The summed E-state index contributed by atoms with van der Waals surface area (Å²) < 4.78 is 15.5. The van der Waals surface area contributed by atoms with Gasteiger partial charge in [-0.15, -0.1) is 0 Å². The normalized spacial score (nSPS) is 12.8. The minimum Gasteiger partial charge on any atom is -0.618 e. The number of hydrogen-bond acceptors (Lipinski definition) is 6. The number of carbonyl (C=O) groups is 2.